The molecule has 0 aliphatic heterocycles. The van der Waals surface area contributed by atoms with Gasteiger partial charge in [-0.3, -0.25) is 4.98 Å². The minimum Gasteiger partial charge on any atom is -0.495 e. The van der Waals surface area contributed by atoms with E-state index in [0.29, 0.717) is 5.56 Å². The predicted octanol–water partition coefficient (Wildman–Crippen LogP) is 3.65. The standard InChI is InChI=1S/C23H25FN2O5S2/c1-15-11-21(31-4)22(12-16(15)2)33(29,30)26-14-23(18-6-5-9-25-13-18)32(27,28)19-7-8-20(24)17(3)10-19/h5-13,23,26H,14H2,1-4H3/t23-/m1/s1. The van der Waals surface area contributed by atoms with Gasteiger partial charge in [-0.05, 0) is 79.4 Å². The first-order valence-electron chi connectivity index (χ1n) is 10.0. The molecule has 1 aromatic heterocycles. The molecule has 0 unspecified atom stereocenters. The number of hydrogen-bond donors (Lipinski definition) is 1. The summed E-state index contributed by atoms with van der Waals surface area (Å²) in [5, 5.41) is -1.29. The maximum atomic E-state index is 13.7. The number of pyridine rings is 1. The highest BCUT2D eigenvalue weighted by Crippen LogP contribution is 2.31. The van der Waals surface area contributed by atoms with E-state index in [2.05, 4.69) is 9.71 Å². The predicted molar refractivity (Wildman–Crippen MR) is 123 cm³/mol. The quantitative estimate of drug-likeness (QED) is 0.482. The van der Waals surface area contributed by atoms with Crippen LogP contribution in [-0.2, 0) is 19.9 Å². The number of nitrogens with one attached hydrogen (secondary N) is 1. The number of methoxy groups -OCH3 is 1. The van der Waals surface area contributed by atoms with Gasteiger partial charge in [-0.1, -0.05) is 6.07 Å². The zero-order valence-electron chi connectivity index (χ0n) is 18.7. The first-order chi connectivity index (χ1) is 15.5. The van der Waals surface area contributed by atoms with Gasteiger partial charge in [0.15, 0.2) is 9.84 Å². The number of sulfone groups is 1. The number of sulfonamides is 1. The second kappa shape index (κ2) is 9.58. The summed E-state index contributed by atoms with van der Waals surface area (Å²) in [6.07, 6.45) is 2.85. The monoisotopic (exact) mass is 492 g/mol. The molecule has 10 heteroatoms. The molecule has 7 nitrogen and oxygen atoms in total. The van der Waals surface area contributed by atoms with Gasteiger partial charge in [-0.2, -0.15) is 0 Å². The second-order valence-corrected chi connectivity index (χ2v) is 11.5. The molecule has 0 bridgehead atoms. The highest BCUT2D eigenvalue weighted by molar-refractivity contribution is 7.92. The molecular weight excluding hydrogens is 467 g/mol. The van der Waals surface area contributed by atoms with E-state index >= 15 is 0 Å². The third-order valence-electron chi connectivity index (χ3n) is 5.42. The molecule has 0 saturated heterocycles. The lowest BCUT2D eigenvalue weighted by atomic mass is 10.1. The van der Waals surface area contributed by atoms with E-state index in [1.807, 2.05) is 6.92 Å². The lowest BCUT2D eigenvalue weighted by Crippen LogP contribution is -2.32. The summed E-state index contributed by atoms with van der Waals surface area (Å²) in [6, 6.07) is 9.68. The van der Waals surface area contributed by atoms with E-state index < -0.39 is 37.5 Å². The number of benzene rings is 2. The maximum absolute atomic E-state index is 13.7. The van der Waals surface area contributed by atoms with Crippen LogP contribution in [-0.4, -0.2) is 35.5 Å². The smallest absolute Gasteiger partial charge is 0.244 e. The molecule has 2 aromatic carbocycles. The molecule has 1 heterocycles. The Hall–Kier alpha value is -2.82. The Bertz CT molecular complexity index is 1380. The van der Waals surface area contributed by atoms with E-state index in [1.54, 1.807) is 25.1 Å². The van der Waals surface area contributed by atoms with Gasteiger partial charge in [-0.15, -0.1) is 0 Å². The minimum absolute atomic E-state index is 0.0898. The molecule has 0 amide bonds. The molecule has 1 N–H and O–H groups in total. The van der Waals surface area contributed by atoms with E-state index in [4.69, 9.17) is 4.74 Å². The lowest BCUT2D eigenvalue weighted by Gasteiger charge is -2.20. The first-order valence-corrected chi connectivity index (χ1v) is 13.0. The third kappa shape index (κ3) is 5.23. The SMILES string of the molecule is COc1cc(C)c(C)cc1S(=O)(=O)NC[C@H](c1cccnc1)S(=O)(=O)c1ccc(F)c(C)c1. The van der Waals surface area contributed by atoms with Crippen molar-refractivity contribution in [3.63, 3.8) is 0 Å². The van der Waals surface area contributed by atoms with Crippen molar-refractivity contribution in [2.45, 2.75) is 35.8 Å². The molecular formula is C23H25FN2O5S2. The van der Waals surface area contributed by atoms with Crippen molar-refractivity contribution < 1.29 is 26.0 Å². The number of rotatable bonds is 8. The highest BCUT2D eigenvalue weighted by atomic mass is 32.2. The van der Waals surface area contributed by atoms with Gasteiger partial charge in [0.2, 0.25) is 10.0 Å². The van der Waals surface area contributed by atoms with Gasteiger partial charge in [-0.25, -0.2) is 25.9 Å². The largest absolute Gasteiger partial charge is 0.495 e. The Morgan fingerprint density at radius 3 is 2.30 bits per heavy atom. The van der Waals surface area contributed by atoms with Crippen LogP contribution >= 0.6 is 0 Å². The topological polar surface area (TPSA) is 102 Å². The maximum Gasteiger partial charge on any atom is 0.244 e. The molecule has 33 heavy (non-hydrogen) atoms. The number of ether oxygens (including phenoxy) is 1. The number of halogens is 1. The summed E-state index contributed by atoms with van der Waals surface area (Å²) in [5.41, 5.74) is 2.07. The Labute approximate surface area is 193 Å². The van der Waals surface area contributed by atoms with Crippen LogP contribution in [0.4, 0.5) is 4.39 Å². The van der Waals surface area contributed by atoms with Crippen LogP contribution in [0.2, 0.25) is 0 Å². The second-order valence-electron chi connectivity index (χ2n) is 7.67. The molecule has 3 aromatic rings. The first kappa shape index (κ1) is 24.8. The minimum atomic E-state index is -4.12. The van der Waals surface area contributed by atoms with Crippen molar-refractivity contribution >= 4 is 19.9 Å². The fourth-order valence-electron chi connectivity index (χ4n) is 3.33. The van der Waals surface area contributed by atoms with Gasteiger partial charge in [0.05, 0.1) is 12.0 Å². The summed E-state index contributed by atoms with van der Waals surface area (Å²) in [7, 11) is -6.85. The molecule has 3 rings (SSSR count). The normalized spacial score (nSPS) is 13.0. The van der Waals surface area contributed by atoms with E-state index in [-0.39, 0.29) is 21.1 Å². The van der Waals surface area contributed by atoms with Crippen LogP contribution < -0.4 is 9.46 Å². The van der Waals surface area contributed by atoms with E-state index in [0.717, 1.165) is 17.2 Å². The highest BCUT2D eigenvalue weighted by Gasteiger charge is 2.32. The van der Waals surface area contributed by atoms with Gasteiger partial charge >= 0.3 is 0 Å². The van der Waals surface area contributed by atoms with Crippen molar-refractivity contribution in [3.8, 4) is 5.75 Å². The van der Waals surface area contributed by atoms with Crippen molar-refractivity contribution in [1.29, 1.82) is 0 Å². The van der Waals surface area contributed by atoms with Crippen LogP contribution in [0.3, 0.4) is 0 Å². The number of aryl methyl sites for hydroxylation is 3. The molecule has 0 saturated carbocycles. The van der Waals surface area contributed by atoms with Crippen LogP contribution in [0.1, 0.15) is 27.5 Å². The Morgan fingerprint density at radius 1 is 1.00 bits per heavy atom. The number of nitrogens with zero attached hydrogens (tertiary/aromatic N) is 1. The summed E-state index contributed by atoms with van der Waals surface area (Å²) in [6.45, 7) is 4.61. The Balaban J connectivity index is 2.02. The lowest BCUT2D eigenvalue weighted by molar-refractivity contribution is 0.402. The molecule has 0 spiro atoms. The van der Waals surface area contributed by atoms with Gasteiger partial charge in [0.25, 0.3) is 0 Å². The molecule has 0 aliphatic rings. The van der Waals surface area contributed by atoms with Gasteiger partial charge < -0.3 is 4.74 Å². The van der Waals surface area contributed by atoms with Crippen LogP contribution in [0.15, 0.2) is 64.6 Å². The van der Waals surface area contributed by atoms with Crippen molar-refractivity contribution in [2.24, 2.45) is 0 Å². The van der Waals surface area contributed by atoms with E-state index in [9.17, 15) is 21.2 Å². The van der Waals surface area contributed by atoms with Crippen molar-refractivity contribution in [2.75, 3.05) is 13.7 Å². The van der Waals surface area contributed by atoms with Gasteiger partial charge in [0, 0.05) is 18.9 Å². The zero-order chi connectivity index (χ0) is 24.4. The summed E-state index contributed by atoms with van der Waals surface area (Å²) >= 11 is 0. The van der Waals surface area contributed by atoms with Gasteiger partial charge in [0.1, 0.15) is 21.7 Å². The van der Waals surface area contributed by atoms with Crippen molar-refractivity contribution in [3.05, 3.63) is 82.9 Å². The van der Waals surface area contributed by atoms with Crippen LogP contribution in [0.5, 0.6) is 5.75 Å². The van der Waals surface area contributed by atoms with Crippen molar-refractivity contribution in [1.82, 2.24) is 9.71 Å². The number of aromatic nitrogens is 1. The fourth-order valence-corrected chi connectivity index (χ4v) is 6.44. The molecule has 1 atom stereocenters. The molecule has 176 valence electrons. The molecule has 0 radical (unpaired) electrons. The fraction of sp³-hybridized carbons (Fsp3) is 0.261. The third-order valence-corrected chi connectivity index (χ3v) is 8.96. The average molecular weight is 493 g/mol. The number of hydrogen-bond acceptors (Lipinski definition) is 6. The summed E-state index contributed by atoms with van der Waals surface area (Å²) < 4.78 is 74.5. The van der Waals surface area contributed by atoms with E-state index in [1.165, 1.54) is 44.6 Å². The molecule has 0 fully saturated rings. The Morgan fingerprint density at radius 2 is 1.70 bits per heavy atom. The van der Waals surface area contributed by atoms with Crippen LogP contribution in [0.25, 0.3) is 0 Å². The Kier molecular flexibility index (Phi) is 7.20. The summed E-state index contributed by atoms with van der Waals surface area (Å²) in [5.74, 6) is -0.380. The van der Waals surface area contributed by atoms with Crippen LogP contribution in [0, 0.1) is 26.6 Å². The average Bonchev–Trinajstić information content (AvgIpc) is 2.77. The molecule has 0 aliphatic carbocycles. The zero-order valence-corrected chi connectivity index (χ0v) is 20.3. The summed E-state index contributed by atoms with van der Waals surface area (Å²) in [4.78, 5) is 3.77.